The first kappa shape index (κ1) is 16.3. The van der Waals surface area contributed by atoms with Crippen LogP contribution in [0.2, 0.25) is 0 Å². The summed E-state index contributed by atoms with van der Waals surface area (Å²) in [6, 6.07) is 3.21. The van der Waals surface area contributed by atoms with E-state index in [9.17, 15) is 9.59 Å². The van der Waals surface area contributed by atoms with Gasteiger partial charge in [0.2, 0.25) is 11.8 Å². The molecule has 1 aliphatic heterocycles. The number of carbonyl (C=O) groups excluding carboxylic acids is 2. The summed E-state index contributed by atoms with van der Waals surface area (Å²) in [5.41, 5.74) is 1.07. The van der Waals surface area contributed by atoms with E-state index < -0.39 is 0 Å². The first-order valence-electron chi connectivity index (χ1n) is 8.22. The fourth-order valence-corrected chi connectivity index (χ4v) is 2.99. The zero-order valence-electron chi connectivity index (χ0n) is 13.8. The van der Waals surface area contributed by atoms with Gasteiger partial charge in [-0.25, -0.2) is 0 Å². The third kappa shape index (κ3) is 3.84. The topological polar surface area (TPSA) is 80.4 Å². The van der Waals surface area contributed by atoms with Crippen LogP contribution in [0.3, 0.4) is 0 Å². The molecule has 1 N–H and O–H groups in total. The molecule has 7 heteroatoms. The lowest BCUT2D eigenvalue weighted by Crippen LogP contribution is -2.45. The van der Waals surface area contributed by atoms with Crippen LogP contribution >= 0.6 is 0 Å². The second-order valence-corrected chi connectivity index (χ2v) is 6.07. The Balaban J connectivity index is 1.51. The van der Waals surface area contributed by atoms with E-state index in [1.807, 2.05) is 19.2 Å². The Hall–Kier alpha value is -2.57. The Morgan fingerprint density at radius 3 is 3.04 bits per heavy atom. The second-order valence-electron chi connectivity index (χ2n) is 6.07. The zero-order valence-corrected chi connectivity index (χ0v) is 13.8. The number of nitrogens with zero attached hydrogens (tertiary/aromatic N) is 3. The van der Waals surface area contributed by atoms with Crippen LogP contribution in [0.4, 0.5) is 0 Å². The maximum absolute atomic E-state index is 12.5. The molecule has 1 atom stereocenters. The van der Waals surface area contributed by atoms with Crippen LogP contribution in [0, 0.1) is 6.92 Å². The molecule has 1 fully saturated rings. The number of nitrogens with one attached hydrogen (secondary N) is 1. The molecular formula is C17H22N4O3. The number of hydrogen-bond donors (Lipinski definition) is 1. The molecular weight excluding hydrogens is 308 g/mol. The number of amides is 2. The van der Waals surface area contributed by atoms with E-state index in [2.05, 4.69) is 10.4 Å². The average molecular weight is 330 g/mol. The number of carbonyl (C=O) groups is 2. The minimum Gasteiger partial charge on any atom is -0.467 e. The number of likely N-dealkylation sites (tertiary alicyclic amines) is 1. The van der Waals surface area contributed by atoms with Crippen molar-refractivity contribution in [3.05, 3.63) is 42.1 Å². The molecule has 1 unspecified atom stereocenters. The summed E-state index contributed by atoms with van der Waals surface area (Å²) in [4.78, 5) is 26.5. The van der Waals surface area contributed by atoms with E-state index in [1.54, 1.807) is 28.1 Å². The van der Waals surface area contributed by atoms with E-state index in [-0.39, 0.29) is 17.9 Å². The molecule has 24 heavy (non-hydrogen) atoms. The van der Waals surface area contributed by atoms with Crippen LogP contribution in [-0.4, -0.2) is 39.1 Å². The van der Waals surface area contributed by atoms with Gasteiger partial charge in [-0.05, 0) is 37.5 Å². The summed E-state index contributed by atoms with van der Waals surface area (Å²) >= 11 is 0. The number of hydrogen-bond acceptors (Lipinski definition) is 4. The minimum absolute atomic E-state index is 0.00111. The summed E-state index contributed by atoms with van der Waals surface area (Å²) < 4.78 is 6.96. The Bertz CT molecular complexity index is 693. The van der Waals surface area contributed by atoms with E-state index in [4.69, 9.17) is 4.42 Å². The fraction of sp³-hybridized carbons (Fsp3) is 0.471. The molecule has 128 valence electrons. The summed E-state index contributed by atoms with van der Waals surface area (Å²) in [6.45, 7) is 3.47. The summed E-state index contributed by atoms with van der Waals surface area (Å²) in [6.07, 6.45) is 7.16. The lowest BCUT2D eigenvalue weighted by Gasteiger charge is -2.24. The van der Waals surface area contributed by atoms with Gasteiger partial charge >= 0.3 is 0 Å². The fourth-order valence-electron chi connectivity index (χ4n) is 2.99. The van der Waals surface area contributed by atoms with Crippen molar-refractivity contribution >= 4 is 11.8 Å². The predicted molar refractivity (Wildman–Crippen MR) is 86.9 cm³/mol. The molecule has 1 saturated heterocycles. The highest BCUT2D eigenvalue weighted by Gasteiger charge is 2.33. The number of aromatic nitrogens is 2. The minimum atomic E-state index is -0.383. The van der Waals surface area contributed by atoms with Gasteiger partial charge in [0.05, 0.1) is 19.0 Å². The summed E-state index contributed by atoms with van der Waals surface area (Å²) in [7, 11) is 0. The highest BCUT2D eigenvalue weighted by atomic mass is 16.3. The third-order valence-electron chi connectivity index (χ3n) is 4.21. The highest BCUT2D eigenvalue weighted by molar-refractivity contribution is 5.88. The lowest BCUT2D eigenvalue weighted by atomic mass is 10.2. The molecule has 0 aliphatic carbocycles. The molecule has 0 bridgehead atoms. The third-order valence-corrected chi connectivity index (χ3v) is 4.21. The van der Waals surface area contributed by atoms with Crippen LogP contribution < -0.4 is 5.32 Å². The summed E-state index contributed by atoms with van der Waals surface area (Å²) in [5.74, 6) is 0.583. The Labute approximate surface area is 140 Å². The molecule has 2 aromatic heterocycles. The Morgan fingerprint density at radius 2 is 2.33 bits per heavy atom. The van der Waals surface area contributed by atoms with Gasteiger partial charge in [-0.3, -0.25) is 14.3 Å². The average Bonchev–Trinajstić information content (AvgIpc) is 3.31. The molecule has 0 saturated carbocycles. The van der Waals surface area contributed by atoms with Crippen molar-refractivity contribution in [3.8, 4) is 0 Å². The molecule has 2 aromatic rings. The van der Waals surface area contributed by atoms with Gasteiger partial charge in [-0.2, -0.15) is 5.10 Å². The SMILES string of the molecule is Cc1cnn(CCC(=O)N2CCCC2C(=O)NCc2ccco2)c1. The van der Waals surface area contributed by atoms with Gasteiger partial charge in [0, 0.05) is 25.7 Å². The van der Waals surface area contributed by atoms with E-state index >= 15 is 0 Å². The molecule has 3 rings (SSSR count). The lowest BCUT2D eigenvalue weighted by molar-refractivity contribution is -0.138. The smallest absolute Gasteiger partial charge is 0.243 e. The number of furan rings is 1. The van der Waals surface area contributed by atoms with E-state index in [0.29, 0.717) is 38.2 Å². The Kier molecular flexibility index (Phi) is 4.98. The van der Waals surface area contributed by atoms with Gasteiger partial charge in [-0.15, -0.1) is 0 Å². The van der Waals surface area contributed by atoms with Crippen LogP contribution in [-0.2, 0) is 22.7 Å². The van der Waals surface area contributed by atoms with Gasteiger partial charge < -0.3 is 14.6 Å². The van der Waals surface area contributed by atoms with Gasteiger partial charge in [0.15, 0.2) is 0 Å². The normalized spacial score (nSPS) is 17.2. The second kappa shape index (κ2) is 7.33. The molecule has 2 amide bonds. The van der Waals surface area contributed by atoms with E-state index in [0.717, 1.165) is 12.0 Å². The van der Waals surface area contributed by atoms with Gasteiger partial charge in [0.25, 0.3) is 0 Å². The van der Waals surface area contributed by atoms with Crippen molar-refractivity contribution < 1.29 is 14.0 Å². The zero-order chi connectivity index (χ0) is 16.9. The van der Waals surface area contributed by atoms with Crippen LogP contribution in [0.5, 0.6) is 0 Å². The monoisotopic (exact) mass is 330 g/mol. The predicted octanol–water partition coefficient (Wildman–Crippen LogP) is 1.48. The molecule has 0 spiro atoms. The quantitative estimate of drug-likeness (QED) is 0.870. The van der Waals surface area contributed by atoms with Crippen molar-refractivity contribution in [2.24, 2.45) is 0 Å². The standard InChI is InChI=1S/C17H22N4O3/c1-13-10-19-20(12-13)8-6-16(22)21-7-2-5-15(21)17(23)18-11-14-4-3-9-24-14/h3-4,9-10,12,15H,2,5-8,11H2,1H3,(H,18,23). The Morgan fingerprint density at radius 1 is 1.46 bits per heavy atom. The molecule has 0 aromatic carbocycles. The highest BCUT2D eigenvalue weighted by Crippen LogP contribution is 2.19. The first-order chi connectivity index (χ1) is 11.6. The van der Waals surface area contributed by atoms with Crippen LogP contribution in [0.1, 0.15) is 30.6 Å². The van der Waals surface area contributed by atoms with Crippen molar-refractivity contribution in [1.29, 1.82) is 0 Å². The van der Waals surface area contributed by atoms with Crippen molar-refractivity contribution in [2.45, 2.75) is 45.3 Å². The first-order valence-corrected chi connectivity index (χ1v) is 8.22. The summed E-state index contributed by atoms with van der Waals surface area (Å²) in [5, 5.41) is 7.03. The maximum Gasteiger partial charge on any atom is 0.243 e. The maximum atomic E-state index is 12.5. The van der Waals surface area contributed by atoms with Gasteiger partial charge in [-0.1, -0.05) is 0 Å². The van der Waals surface area contributed by atoms with E-state index in [1.165, 1.54) is 0 Å². The van der Waals surface area contributed by atoms with Gasteiger partial charge in [0.1, 0.15) is 11.8 Å². The van der Waals surface area contributed by atoms with Crippen molar-refractivity contribution in [3.63, 3.8) is 0 Å². The van der Waals surface area contributed by atoms with Crippen LogP contribution in [0.25, 0.3) is 0 Å². The number of aryl methyl sites for hydroxylation is 2. The molecule has 0 radical (unpaired) electrons. The van der Waals surface area contributed by atoms with Crippen LogP contribution in [0.15, 0.2) is 35.2 Å². The van der Waals surface area contributed by atoms with Crippen molar-refractivity contribution in [2.75, 3.05) is 6.54 Å². The number of rotatable bonds is 6. The molecule has 7 nitrogen and oxygen atoms in total. The largest absolute Gasteiger partial charge is 0.467 e. The van der Waals surface area contributed by atoms with Crippen molar-refractivity contribution in [1.82, 2.24) is 20.0 Å². The molecule has 1 aliphatic rings. The molecule has 3 heterocycles.